The molecule has 2 aromatic rings. The van der Waals surface area contributed by atoms with Gasteiger partial charge in [-0.3, -0.25) is 0 Å². The van der Waals surface area contributed by atoms with Gasteiger partial charge in [-0.05, 0) is 18.1 Å². The lowest BCUT2D eigenvalue weighted by Gasteiger charge is -2.01. The third kappa shape index (κ3) is 2.06. The molecule has 16 heavy (non-hydrogen) atoms. The van der Waals surface area contributed by atoms with Crippen LogP contribution < -0.4 is 0 Å². The average Bonchev–Trinajstić information content (AvgIpc) is 2.39. The summed E-state index contributed by atoms with van der Waals surface area (Å²) in [7, 11) is 0. The maximum Gasteiger partial charge on any atom is 0.160 e. The number of aryl methyl sites for hydroxylation is 1. The van der Waals surface area contributed by atoms with Crippen LogP contribution in [0.4, 0.5) is 0 Å². The highest BCUT2D eigenvalue weighted by molar-refractivity contribution is 5.55. The van der Waals surface area contributed by atoms with Crippen molar-refractivity contribution >= 4 is 0 Å². The van der Waals surface area contributed by atoms with E-state index in [1.54, 1.807) is 12.3 Å². The number of nitrogens with zero attached hydrogens (tertiary/aromatic N) is 3. The van der Waals surface area contributed by atoms with Crippen molar-refractivity contribution in [1.29, 1.82) is 5.26 Å². The van der Waals surface area contributed by atoms with E-state index in [9.17, 15) is 0 Å². The number of rotatable bonds is 2. The van der Waals surface area contributed by atoms with Gasteiger partial charge in [0.1, 0.15) is 11.8 Å². The predicted octanol–water partition coefficient (Wildman–Crippen LogP) is 2.58. The maximum absolute atomic E-state index is 8.75. The van der Waals surface area contributed by atoms with Crippen LogP contribution in [-0.4, -0.2) is 9.97 Å². The summed E-state index contributed by atoms with van der Waals surface area (Å²) >= 11 is 0. The van der Waals surface area contributed by atoms with Crippen molar-refractivity contribution in [2.24, 2.45) is 0 Å². The summed E-state index contributed by atoms with van der Waals surface area (Å²) in [6.07, 6.45) is 2.62. The van der Waals surface area contributed by atoms with Gasteiger partial charge in [0.05, 0.1) is 0 Å². The fourth-order valence-electron chi connectivity index (χ4n) is 1.45. The van der Waals surface area contributed by atoms with E-state index in [1.807, 2.05) is 18.2 Å². The predicted molar refractivity (Wildman–Crippen MR) is 61.6 cm³/mol. The summed E-state index contributed by atoms with van der Waals surface area (Å²) in [5.41, 5.74) is 2.61. The van der Waals surface area contributed by atoms with Gasteiger partial charge in [-0.15, -0.1) is 0 Å². The van der Waals surface area contributed by atoms with Gasteiger partial charge in [0.15, 0.2) is 5.82 Å². The Morgan fingerprint density at radius 3 is 2.56 bits per heavy atom. The molecule has 0 atom stereocenters. The van der Waals surface area contributed by atoms with E-state index in [0.717, 1.165) is 12.0 Å². The van der Waals surface area contributed by atoms with E-state index < -0.39 is 0 Å². The second-order valence-electron chi connectivity index (χ2n) is 3.43. The van der Waals surface area contributed by atoms with Gasteiger partial charge in [0, 0.05) is 11.8 Å². The van der Waals surface area contributed by atoms with Crippen molar-refractivity contribution in [2.45, 2.75) is 13.3 Å². The number of hydrogen-bond donors (Lipinski definition) is 0. The van der Waals surface area contributed by atoms with Gasteiger partial charge in [-0.2, -0.15) is 5.26 Å². The molecular formula is C13H11N3. The van der Waals surface area contributed by atoms with Crippen LogP contribution in [0.2, 0.25) is 0 Å². The van der Waals surface area contributed by atoms with Crippen LogP contribution in [0.15, 0.2) is 36.5 Å². The Bertz CT molecular complexity index is 524. The molecule has 78 valence electrons. The fourth-order valence-corrected chi connectivity index (χ4v) is 1.45. The zero-order valence-electron chi connectivity index (χ0n) is 9.01. The second kappa shape index (κ2) is 4.54. The Kier molecular flexibility index (Phi) is 2.93. The molecule has 0 amide bonds. The Balaban J connectivity index is 2.39. The molecular weight excluding hydrogens is 198 g/mol. The SMILES string of the molecule is CCc1ccc(-c2nccc(C#N)n2)cc1. The first kappa shape index (κ1) is 10.3. The second-order valence-corrected chi connectivity index (χ2v) is 3.43. The molecule has 1 heterocycles. The monoisotopic (exact) mass is 209 g/mol. The molecule has 0 fully saturated rings. The summed E-state index contributed by atoms with van der Waals surface area (Å²) in [6, 6.07) is 11.7. The molecule has 1 aromatic carbocycles. The van der Waals surface area contributed by atoms with E-state index in [0.29, 0.717) is 11.5 Å². The van der Waals surface area contributed by atoms with Crippen LogP contribution in [0.25, 0.3) is 11.4 Å². The topological polar surface area (TPSA) is 49.6 Å². The molecule has 3 nitrogen and oxygen atoms in total. The van der Waals surface area contributed by atoms with Crippen LogP contribution in [0, 0.1) is 11.3 Å². The summed E-state index contributed by atoms with van der Waals surface area (Å²) in [4.78, 5) is 8.30. The van der Waals surface area contributed by atoms with Crippen LogP contribution in [0.5, 0.6) is 0 Å². The smallest absolute Gasteiger partial charge is 0.160 e. The minimum absolute atomic E-state index is 0.393. The maximum atomic E-state index is 8.75. The molecule has 2 rings (SSSR count). The zero-order chi connectivity index (χ0) is 11.4. The van der Waals surface area contributed by atoms with E-state index in [-0.39, 0.29) is 0 Å². The highest BCUT2D eigenvalue weighted by Gasteiger charge is 2.01. The minimum atomic E-state index is 0.393. The molecule has 0 saturated heterocycles. The molecule has 0 aliphatic rings. The Labute approximate surface area is 94.4 Å². The van der Waals surface area contributed by atoms with E-state index in [2.05, 4.69) is 29.0 Å². The fraction of sp³-hybridized carbons (Fsp3) is 0.154. The van der Waals surface area contributed by atoms with Gasteiger partial charge >= 0.3 is 0 Å². The van der Waals surface area contributed by atoms with Gasteiger partial charge in [0.2, 0.25) is 0 Å². The third-order valence-electron chi connectivity index (χ3n) is 2.39. The Hall–Kier alpha value is -2.21. The Morgan fingerprint density at radius 2 is 1.94 bits per heavy atom. The lowest BCUT2D eigenvalue weighted by Crippen LogP contribution is -1.91. The van der Waals surface area contributed by atoms with Gasteiger partial charge in [-0.1, -0.05) is 31.2 Å². The molecule has 0 N–H and O–H groups in total. The number of aromatic nitrogens is 2. The highest BCUT2D eigenvalue weighted by atomic mass is 14.9. The zero-order valence-corrected chi connectivity index (χ0v) is 9.01. The molecule has 0 unspecified atom stereocenters. The summed E-state index contributed by atoms with van der Waals surface area (Å²) in [5.74, 6) is 0.599. The largest absolute Gasteiger partial charge is 0.236 e. The first-order valence-corrected chi connectivity index (χ1v) is 5.16. The number of benzene rings is 1. The molecule has 1 aromatic heterocycles. The minimum Gasteiger partial charge on any atom is -0.236 e. The van der Waals surface area contributed by atoms with Crippen molar-refractivity contribution in [3.05, 3.63) is 47.8 Å². The lowest BCUT2D eigenvalue weighted by molar-refractivity contribution is 1.13. The molecule has 0 bridgehead atoms. The van der Waals surface area contributed by atoms with Crippen molar-refractivity contribution in [1.82, 2.24) is 9.97 Å². The number of nitriles is 1. The van der Waals surface area contributed by atoms with Gasteiger partial charge < -0.3 is 0 Å². The first-order chi connectivity index (χ1) is 7.83. The van der Waals surface area contributed by atoms with Gasteiger partial charge in [-0.25, -0.2) is 9.97 Å². The van der Waals surface area contributed by atoms with Crippen molar-refractivity contribution in [2.75, 3.05) is 0 Å². The average molecular weight is 209 g/mol. The van der Waals surface area contributed by atoms with Crippen LogP contribution in [0.3, 0.4) is 0 Å². The van der Waals surface area contributed by atoms with E-state index in [1.165, 1.54) is 5.56 Å². The van der Waals surface area contributed by atoms with Crippen LogP contribution in [0.1, 0.15) is 18.2 Å². The quantitative estimate of drug-likeness (QED) is 0.763. The third-order valence-corrected chi connectivity index (χ3v) is 2.39. The van der Waals surface area contributed by atoms with E-state index in [4.69, 9.17) is 5.26 Å². The molecule has 3 heteroatoms. The molecule has 0 aliphatic heterocycles. The molecule has 0 saturated carbocycles. The summed E-state index contributed by atoms with van der Waals surface area (Å²) < 4.78 is 0. The highest BCUT2D eigenvalue weighted by Crippen LogP contribution is 2.15. The van der Waals surface area contributed by atoms with Crippen LogP contribution in [-0.2, 0) is 6.42 Å². The Morgan fingerprint density at radius 1 is 1.19 bits per heavy atom. The summed E-state index contributed by atoms with van der Waals surface area (Å²) in [5, 5.41) is 8.75. The molecule has 0 aliphatic carbocycles. The van der Waals surface area contributed by atoms with Crippen molar-refractivity contribution in [3.63, 3.8) is 0 Å². The standard InChI is InChI=1S/C13H11N3/c1-2-10-3-5-11(6-4-10)13-15-8-7-12(9-14)16-13/h3-8H,2H2,1H3. The van der Waals surface area contributed by atoms with Gasteiger partial charge in [0.25, 0.3) is 0 Å². The normalized spacial score (nSPS) is 9.75. The summed E-state index contributed by atoms with van der Waals surface area (Å²) in [6.45, 7) is 2.11. The first-order valence-electron chi connectivity index (χ1n) is 5.16. The molecule has 0 radical (unpaired) electrons. The van der Waals surface area contributed by atoms with Crippen molar-refractivity contribution < 1.29 is 0 Å². The lowest BCUT2D eigenvalue weighted by atomic mass is 10.1. The van der Waals surface area contributed by atoms with Crippen molar-refractivity contribution in [3.8, 4) is 17.5 Å². The van der Waals surface area contributed by atoms with E-state index >= 15 is 0 Å². The number of hydrogen-bond acceptors (Lipinski definition) is 3. The molecule has 0 spiro atoms. The van der Waals surface area contributed by atoms with Crippen LogP contribution >= 0.6 is 0 Å².